The summed E-state index contributed by atoms with van der Waals surface area (Å²) in [5, 5.41) is 9.43. The summed E-state index contributed by atoms with van der Waals surface area (Å²) in [6.45, 7) is 2.25. The van der Waals surface area contributed by atoms with Crippen LogP contribution in [-0.4, -0.2) is 11.1 Å². The van der Waals surface area contributed by atoms with E-state index in [9.17, 15) is 23.1 Å². The van der Waals surface area contributed by atoms with Crippen LogP contribution in [0.4, 0.5) is 17.6 Å². The molecule has 2 fully saturated rings. The summed E-state index contributed by atoms with van der Waals surface area (Å²) in [4.78, 5) is 11.6. The van der Waals surface area contributed by atoms with Gasteiger partial charge in [-0.2, -0.15) is 0 Å². The molecular formula is C33H42F4O2. The molecule has 2 aliphatic rings. The van der Waals surface area contributed by atoms with Crippen LogP contribution in [0.15, 0.2) is 24.3 Å². The van der Waals surface area contributed by atoms with E-state index >= 15 is 4.39 Å². The van der Waals surface area contributed by atoms with Gasteiger partial charge in [-0.1, -0.05) is 70.8 Å². The maximum atomic E-state index is 15.4. The van der Waals surface area contributed by atoms with Crippen molar-refractivity contribution in [3.05, 3.63) is 58.7 Å². The second kappa shape index (κ2) is 13.8. The van der Waals surface area contributed by atoms with Crippen LogP contribution in [0.25, 0.3) is 11.1 Å². The molecule has 2 aromatic rings. The highest BCUT2D eigenvalue weighted by molar-refractivity contribution is 5.90. The Balaban J connectivity index is 1.38. The van der Waals surface area contributed by atoms with Gasteiger partial charge in [0.05, 0.1) is 5.56 Å². The van der Waals surface area contributed by atoms with Crippen molar-refractivity contribution in [3.63, 3.8) is 0 Å². The number of unbranched alkanes of at least 4 members (excludes halogenated alkanes) is 5. The maximum absolute atomic E-state index is 15.4. The Kier molecular flexibility index (Phi) is 10.5. The smallest absolute Gasteiger partial charge is 0.338 e. The lowest BCUT2D eigenvalue weighted by Crippen LogP contribution is -2.25. The van der Waals surface area contributed by atoms with E-state index in [0.29, 0.717) is 11.5 Å². The fourth-order valence-corrected chi connectivity index (χ4v) is 7.15. The van der Waals surface area contributed by atoms with Crippen molar-refractivity contribution < 1.29 is 27.5 Å². The Morgan fingerprint density at radius 3 is 1.92 bits per heavy atom. The number of hydrogen-bond donors (Lipinski definition) is 1. The lowest BCUT2D eigenvalue weighted by atomic mass is 9.67. The first-order valence-corrected chi connectivity index (χ1v) is 15.0. The van der Waals surface area contributed by atoms with E-state index in [1.165, 1.54) is 76.7 Å². The molecule has 0 saturated heterocycles. The molecule has 0 radical (unpaired) electrons. The van der Waals surface area contributed by atoms with Crippen LogP contribution >= 0.6 is 0 Å². The second-order valence-electron chi connectivity index (χ2n) is 11.9. The zero-order chi connectivity index (χ0) is 27.9. The van der Waals surface area contributed by atoms with Crippen LogP contribution in [-0.2, 0) is 0 Å². The molecule has 0 atom stereocenters. The summed E-state index contributed by atoms with van der Waals surface area (Å²) in [7, 11) is 0. The number of rotatable bonds is 11. The zero-order valence-electron chi connectivity index (χ0n) is 23.1. The molecule has 214 valence electrons. The monoisotopic (exact) mass is 546 g/mol. The second-order valence-corrected chi connectivity index (χ2v) is 11.9. The van der Waals surface area contributed by atoms with E-state index in [2.05, 4.69) is 6.92 Å². The number of carboxylic acids is 1. The van der Waals surface area contributed by atoms with Gasteiger partial charge in [0.15, 0.2) is 17.5 Å². The minimum absolute atomic E-state index is 0.0474. The highest BCUT2D eigenvalue weighted by Gasteiger charge is 2.33. The molecule has 4 rings (SSSR count). The standard InChI is InChI=1S/C33H42F4O2/c1-2-3-4-5-6-7-8-21-9-11-22(12-10-21)23-13-15-24(16-14-23)26-17-18-27(33(38)39)31(36)30(26)25-19-28(34)32(37)29(35)20-25/h17-24H,2-16H2,1H3,(H,38,39)/t21-,22-,23?,24?. The molecule has 1 N–H and O–H groups in total. The average Bonchev–Trinajstić information content (AvgIpc) is 2.93. The first-order valence-electron chi connectivity index (χ1n) is 15.0. The SMILES string of the molecule is CCCCCCCC[C@H]1CC[C@H](C2CCC(c3ccc(C(=O)O)c(F)c3-c3cc(F)c(F)c(F)c3)CC2)CC1. The van der Waals surface area contributed by atoms with Crippen molar-refractivity contribution >= 4 is 5.97 Å². The number of carbonyl (C=O) groups is 1. The van der Waals surface area contributed by atoms with Gasteiger partial charge in [0.1, 0.15) is 5.82 Å². The molecular weight excluding hydrogens is 504 g/mol. The average molecular weight is 547 g/mol. The Bertz CT molecular complexity index is 1090. The largest absolute Gasteiger partial charge is 0.478 e. The van der Waals surface area contributed by atoms with Crippen molar-refractivity contribution in [3.8, 4) is 11.1 Å². The van der Waals surface area contributed by atoms with Gasteiger partial charge in [0.25, 0.3) is 0 Å². The molecule has 0 spiro atoms. The third-order valence-electron chi connectivity index (χ3n) is 9.41. The minimum Gasteiger partial charge on any atom is -0.478 e. The first kappa shape index (κ1) is 29.6. The van der Waals surface area contributed by atoms with E-state index in [1.807, 2.05) is 0 Å². The predicted molar refractivity (Wildman–Crippen MR) is 147 cm³/mol. The fraction of sp³-hybridized carbons (Fsp3) is 0.606. The van der Waals surface area contributed by atoms with Crippen LogP contribution in [0.5, 0.6) is 0 Å². The lowest BCUT2D eigenvalue weighted by molar-refractivity contribution is 0.0692. The van der Waals surface area contributed by atoms with Gasteiger partial charge < -0.3 is 5.11 Å². The van der Waals surface area contributed by atoms with Crippen LogP contribution in [0.3, 0.4) is 0 Å². The molecule has 0 bridgehead atoms. The molecule has 0 unspecified atom stereocenters. The molecule has 0 aromatic heterocycles. The molecule has 2 nitrogen and oxygen atoms in total. The lowest BCUT2D eigenvalue weighted by Gasteiger charge is -2.38. The number of aromatic carboxylic acids is 1. The van der Waals surface area contributed by atoms with Gasteiger partial charge in [0.2, 0.25) is 0 Å². The highest BCUT2D eigenvalue weighted by atomic mass is 19.2. The molecule has 0 amide bonds. The van der Waals surface area contributed by atoms with Gasteiger partial charge in [0, 0.05) is 5.56 Å². The zero-order valence-corrected chi connectivity index (χ0v) is 23.1. The van der Waals surface area contributed by atoms with E-state index in [1.54, 1.807) is 6.07 Å². The van der Waals surface area contributed by atoms with E-state index in [0.717, 1.165) is 49.7 Å². The highest BCUT2D eigenvalue weighted by Crippen LogP contribution is 2.47. The maximum Gasteiger partial charge on any atom is 0.338 e. The molecule has 2 aliphatic carbocycles. The van der Waals surface area contributed by atoms with Crippen molar-refractivity contribution in [2.45, 2.75) is 109 Å². The molecule has 6 heteroatoms. The van der Waals surface area contributed by atoms with E-state index < -0.39 is 34.8 Å². The summed E-state index contributed by atoms with van der Waals surface area (Å²) < 4.78 is 57.2. The number of carboxylic acid groups (broad SMARTS) is 1. The fourth-order valence-electron chi connectivity index (χ4n) is 7.15. The third-order valence-corrected chi connectivity index (χ3v) is 9.41. The van der Waals surface area contributed by atoms with Gasteiger partial charge in [-0.05, 0) is 91.5 Å². The van der Waals surface area contributed by atoms with Crippen LogP contribution in [0, 0.1) is 41.0 Å². The molecule has 39 heavy (non-hydrogen) atoms. The Morgan fingerprint density at radius 2 is 1.33 bits per heavy atom. The first-order chi connectivity index (χ1) is 18.8. The van der Waals surface area contributed by atoms with Gasteiger partial charge in [-0.3, -0.25) is 0 Å². The van der Waals surface area contributed by atoms with Crippen LogP contribution in [0.2, 0.25) is 0 Å². The minimum atomic E-state index is -1.63. The van der Waals surface area contributed by atoms with Crippen molar-refractivity contribution in [1.29, 1.82) is 0 Å². The van der Waals surface area contributed by atoms with Crippen molar-refractivity contribution in [1.82, 2.24) is 0 Å². The Hall–Kier alpha value is -2.37. The Morgan fingerprint density at radius 1 is 0.769 bits per heavy atom. The molecule has 0 aliphatic heterocycles. The summed E-state index contributed by atoms with van der Waals surface area (Å²) in [6, 6.07) is 4.30. The van der Waals surface area contributed by atoms with E-state index in [-0.39, 0.29) is 17.0 Å². The molecule has 2 saturated carbocycles. The summed E-state index contributed by atoms with van der Waals surface area (Å²) in [5.41, 5.74) is -0.325. The van der Waals surface area contributed by atoms with Crippen molar-refractivity contribution in [2.75, 3.05) is 0 Å². The van der Waals surface area contributed by atoms with Crippen LogP contribution < -0.4 is 0 Å². The number of halogens is 4. The summed E-state index contributed by atoms with van der Waals surface area (Å²) >= 11 is 0. The van der Waals surface area contributed by atoms with Crippen LogP contribution in [0.1, 0.15) is 125 Å². The Labute approximate surface area is 230 Å². The molecule has 0 heterocycles. The molecule has 2 aromatic carbocycles. The third kappa shape index (κ3) is 7.24. The van der Waals surface area contributed by atoms with E-state index in [4.69, 9.17) is 0 Å². The van der Waals surface area contributed by atoms with Gasteiger partial charge >= 0.3 is 5.97 Å². The number of benzene rings is 2. The van der Waals surface area contributed by atoms with Gasteiger partial charge in [-0.15, -0.1) is 0 Å². The normalized spacial score (nSPS) is 23.6. The van der Waals surface area contributed by atoms with Gasteiger partial charge in [-0.25, -0.2) is 22.4 Å². The number of hydrogen-bond acceptors (Lipinski definition) is 1. The summed E-state index contributed by atoms with van der Waals surface area (Å²) in [5.74, 6) is -4.81. The quantitative estimate of drug-likeness (QED) is 0.173. The topological polar surface area (TPSA) is 37.3 Å². The van der Waals surface area contributed by atoms with Crippen molar-refractivity contribution in [2.24, 2.45) is 17.8 Å². The predicted octanol–water partition coefficient (Wildman–Crippen LogP) is 10.4. The summed E-state index contributed by atoms with van der Waals surface area (Å²) in [6.07, 6.45) is 18.2.